The maximum atomic E-state index is 10.8. The van der Waals surface area contributed by atoms with Gasteiger partial charge in [0.05, 0.1) is 15.1 Å². The number of rotatable bonds is 4. The molecule has 0 aliphatic carbocycles. The van der Waals surface area contributed by atoms with Crippen molar-refractivity contribution >= 4 is 51.2 Å². The minimum atomic E-state index is -0.387. The molecule has 0 aliphatic heterocycles. The molecule has 2 aromatic carbocycles. The van der Waals surface area contributed by atoms with Crippen LogP contribution < -0.4 is 0 Å². The van der Waals surface area contributed by atoms with Crippen LogP contribution in [0, 0.1) is 10.1 Å². The molecule has 4 nitrogen and oxygen atoms in total. The van der Waals surface area contributed by atoms with E-state index in [1.54, 1.807) is 23.9 Å². The molecule has 0 radical (unpaired) electrons. The molecular formula is C16H12N2O2S2. The monoisotopic (exact) mass is 328 g/mol. The van der Waals surface area contributed by atoms with Crippen LogP contribution in [0.2, 0.25) is 0 Å². The highest BCUT2D eigenvalue weighted by Crippen LogP contribution is 2.27. The van der Waals surface area contributed by atoms with Crippen LogP contribution in [0.3, 0.4) is 0 Å². The number of nitro benzene ring substituents is 1. The van der Waals surface area contributed by atoms with Crippen molar-refractivity contribution in [1.82, 2.24) is 4.98 Å². The molecule has 6 heteroatoms. The first-order valence-electron chi connectivity index (χ1n) is 6.53. The molecule has 0 spiro atoms. The van der Waals surface area contributed by atoms with E-state index in [9.17, 15) is 10.1 Å². The summed E-state index contributed by atoms with van der Waals surface area (Å²) in [4.78, 5) is 16.1. The highest BCUT2D eigenvalue weighted by molar-refractivity contribution is 7.98. The molecule has 110 valence electrons. The number of hydrogen-bond donors (Lipinski definition) is 0. The van der Waals surface area contributed by atoms with Crippen LogP contribution in [0.25, 0.3) is 22.4 Å². The van der Waals surface area contributed by atoms with Crippen LogP contribution >= 0.6 is 23.1 Å². The molecule has 22 heavy (non-hydrogen) atoms. The predicted octanol–water partition coefficient (Wildman–Crippen LogP) is 5.10. The van der Waals surface area contributed by atoms with E-state index in [2.05, 4.69) is 29.2 Å². The zero-order chi connectivity index (χ0) is 15.5. The fourth-order valence-electron chi connectivity index (χ4n) is 2.00. The lowest BCUT2D eigenvalue weighted by molar-refractivity contribution is -0.384. The Kier molecular flexibility index (Phi) is 4.22. The Morgan fingerprint density at radius 2 is 1.95 bits per heavy atom. The SMILES string of the molecule is CSc1ccc(C=Cc2nc3ccc([N+](=O)[O-])cc3s2)cc1. The smallest absolute Gasteiger partial charge is 0.258 e. The van der Waals surface area contributed by atoms with Gasteiger partial charge < -0.3 is 0 Å². The lowest BCUT2D eigenvalue weighted by atomic mass is 10.2. The van der Waals surface area contributed by atoms with Gasteiger partial charge in [-0.2, -0.15) is 0 Å². The van der Waals surface area contributed by atoms with Crippen LogP contribution in [-0.2, 0) is 0 Å². The number of nitrogens with zero attached hydrogens (tertiary/aromatic N) is 2. The first kappa shape index (κ1) is 14.7. The van der Waals surface area contributed by atoms with E-state index in [0.29, 0.717) is 0 Å². The number of aromatic nitrogens is 1. The average Bonchev–Trinajstić information content (AvgIpc) is 2.95. The highest BCUT2D eigenvalue weighted by Gasteiger charge is 2.09. The second-order valence-corrected chi connectivity index (χ2v) is 6.51. The first-order chi connectivity index (χ1) is 10.7. The number of fused-ring (bicyclic) bond motifs is 1. The predicted molar refractivity (Wildman–Crippen MR) is 93.4 cm³/mol. The van der Waals surface area contributed by atoms with E-state index in [-0.39, 0.29) is 10.6 Å². The number of thioether (sulfide) groups is 1. The van der Waals surface area contributed by atoms with Crippen LogP contribution in [0.15, 0.2) is 47.4 Å². The number of hydrogen-bond acceptors (Lipinski definition) is 5. The van der Waals surface area contributed by atoms with Gasteiger partial charge in [-0.3, -0.25) is 10.1 Å². The third-order valence-electron chi connectivity index (χ3n) is 3.13. The second-order valence-electron chi connectivity index (χ2n) is 4.57. The molecule has 0 unspecified atom stereocenters. The van der Waals surface area contributed by atoms with Gasteiger partial charge in [-0.15, -0.1) is 23.1 Å². The summed E-state index contributed by atoms with van der Waals surface area (Å²) in [5, 5.41) is 11.6. The fraction of sp³-hybridized carbons (Fsp3) is 0.0625. The van der Waals surface area contributed by atoms with Crippen molar-refractivity contribution in [3.63, 3.8) is 0 Å². The largest absolute Gasteiger partial charge is 0.270 e. The Bertz CT molecular complexity index is 854. The van der Waals surface area contributed by atoms with E-state index < -0.39 is 0 Å². The van der Waals surface area contributed by atoms with Gasteiger partial charge in [0.2, 0.25) is 0 Å². The third-order valence-corrected chi connectivity index (χ3v) is 4.86. The number of benzene rings is 2. The van der Waals surface area contributed by atoms with Gasteiger partial charge >= 0.3 is 0 Å². The molecule has 1 heterocycles. The Morgan fingerprint density at radius 1 is 1.18 bits per heavy atom. The third kappa shape index (κ3) is 3.18. The summed E-state index contributed by atoms with van der Waals surface area (Å²) in [5.41, 5.74) is 1.98. The second kappa shape index (κ2) is 6.29. The Balaban J connectivity index is 1.86. The number of thiazole rings is 1. The molecule has 3 aromatic rings. The van der Waals surface area contributed by atoms with E-state index in [1.807, 2.05) is 18.4 Å². The van der Waals surface area contributed by atoms with Crippen molar-refractivity contribution in [2.45, 2.75) is 4.90 Å². The molecule has 0 saturated carbocycles. The quantitative estimate of drug-likeness (QED) is 0.380. The fourth-order valence-corrected chi connectivity index (χ4v) is 3.31. The van der Waals surface area contributed by atoms with Crippen molar-refractivity contribution in [1.29, 1.82) is 0 Å². The molecular weight excluding hydrogens is 316 g/mol. The molecule has 0 aliphatic rings. The molecule has 0 bridgehead atoms. The molecule has 0 N–H and O–H groups in total. The molecule has 3 rings (SSSR count). The number of non-ortho nitro benzene ring substituents is 1. The van der Waals surface area contributed by atoms with Crippen molar-refractivity contribution < 1.29 is 4.92 Å². The summed E-state index contributed by atoms with van der Waals surface area (Å²) in [6.07, 6.45) is 5.98. The Hall–Kier alpha value is -2.18. The zero-order valence-corrected chi connectivity index (χ0v) is 13.4. The summed E-state index contributed by atoms with van der Waals surface area (Å²) < 4.78 is 0.826. The van der Waals surface area contributed by atoms with Crippen LogP contribution in [0.4, 0.5) is 5.69 Å². The normalized spacial score (nSPS) is 11.3. The van der Waals surface area contributed by atoms with Crippen molar-refractivity contribution in [3.8, 4) is 0 Å². The minimum Gasteiger partial charge on any atom is -0.258 e. The summed E-state index contributed by atoms with van der Waals surface area (Å²) in [6.45, 7) is 0. The summed E-state index contributed by atoms with van der Waals surface area (Å²) in [5.74, 6) is 0. The summed E-state index contributed by atoms with van der Waals surface area (Å²) in [6, 6.07) is 13.0. The minimum absolute atomic E-state index is 0.0966. The van der Waals surface area contributed by atoms with Gasteiger partial charge in [-0.1, -0.05) is 18.2 Å². The van der Waals surface area contributed by atoms with E-state index >= 15 is 0 Å². The van der Waals surface area contributed by atoms with E-state index in [1.165, 1.54) is 22.3 Å². The Labute approximate surface area is 135 Å². The van der Waals surface area contributed by atoms with Gasteiger partial charge in [0, 0.05) is 17.0 Å². The van der Waals surface area contributed by atoms with Crippen LogP contribution in [0.1, 0.15) is 10.6 Å². The van der Waals surface area contributed by atoms with Crippen LogP contribution in [-0.4, -0.2) is 16.2 Å². The van der Waals surface area contributed by atoms with Gasteiger partial charge in [0.25, 0.3) is 5.69 Å². The average molecular weight is 328 g/mol. The van der Waals surface area contributed by atoms with Gasteiger partial charge in [-0.05, 0) is 36.1 Å². The van der Waals surface area contributed by atoms with E-state index in [0.717, 1.165) is 20.8 Å². The maximum Gasteiger partial charge on any atom is 0.270 e. The van der Waals surface area contributed by atoms with Crippen molar-refractivity contribution in [2.75, 3.05) is 6.26 Å². The first-order valence-corrected chi connectivity index (χ1v) is 8.57. The van der Waals surface area contributed by atoms with Gasteiger partial charge in [0.15, 0.2) is 0 Å². The molecule has 0 atom stereocenters. The standard InChI is InChI=1S/C16H12N2O2S2/c1-21-13-6-2-11(3-7-13)4-9-16-17-14-8-5-12(18(19)20)10-15(14)22-16/h2-10H,1H3. The maximum absolute atomic E-state index is 10.8. The topological polar surface area (TPSA) is 56.0 Å². The van der Waals surface area contributed by atoms with Gasteiger partial charge in [0.1, 0.15) is 5.01 Å². The summed E-state index contributed by atoms with van der Waals surface area (Å²) in [7, 11) is 0. The molecule has 0 fully saturated rings. The van der Waals surface area contributed by atoms with Crippen LogP contribution in [0.5, 0.6) is 0 Å². The molecule has 0 saturated heterocycles. The van der Waals surface area contributed by atoms with Gasteiger partial charge in [-0.25, -0.2) is 4.98 Å². The Morgan fingerprint density at radius 3 is 2.64 bits per heavy atom. The highest BCUT2D eigenvalue weighted by atomic mass is 32.2. The van der Waals surface area contributed by atoms with E-state index in [4.69, 9.17) is 0 Å². The molecule has 0 amide bonds. The van der Waals surface area contributed by atoms with Crippen molar-refractivity contribution in [3.05, 3.63) is 63.1 Å². The van der Waals surface area contributed by atoms with Crippen molar-refractivity contribution in [2.24, 2.45) is 0 Å². The lowest BCUT2D eigenvalue weighted by Crippen LogP contribution is -1.85. The zero-order valence-electron chi connectivity index (χ0n) is 11.7. The lowest BCUT2D eigenvalue weighted by Gasteiger charge is -1.96. The summed E-state index contributed by atoms with van der Waals surface area (Å²) >= 11 is 3.16. The molecule has 1 aromatic heterocycles. The number of nitro groups is 1.